The lowest BCUT2D eigenvalue weighted by Crippen LogP contribution is -2.43. The molecule has 1 aromatic heterocycles. The number of rotatable bonds is 9. The Hall–Kier alpha value is -2.62. The van der Waals surface area contributed by atoms with Crippen molar-refractivity contribution in [1.29, 1.82) is 0 Å². The van der Waals surface area contributed by atoms with E-state index in [0.717, 1.165) is 60.6 Å². The fraction of sp³-hybridized carbons (Fsp3) is 0.657. The number of pyridine rings is 1. The summed E-state index contributed by atoms with van der Waals surface area (Å²) in [5.41, 5.74) is 5.63. The average Bonchev–Trinajstić information content (AvgIpc) is 3.29. The molecule has 4 rings (SSSR count). The maximum absolute atomic E-state index is 12.9. The summed E-state index contributed by atoms with van der Waals surface area (Å²) in [6.45, 7) is 23.4. The van der Waals surface area contributed by atoms with Gasteiger partial charge in [-0.05, 0) is 95.3 Å². The highest BCUT2D eigenvalue weighted by molar-refractivity contribution is 6.74. The molecule has 2 aromatic rings. The van der Waals surface area contributed by atoms with Gasteiger partial charge in [-0.3, -0.25) is 4.98 Å². The molecule has 1 N–H and O–H groups in total. The van der Waals surface area contributed by atoms with Crippen molar-refractivity contribution in [3.8, 4) is 5.75 Å². The van der Waals surface area contributed by atoms with E-state index in [1.54, 1.807) is 7.11 Å². The van der Waals surface area contributed by atoms with E-state index in [4.69, 9.17) is 23.6 Å². The Morgan fingerprint density at radius 2 is 1.86 bits per heavy atom. The number of carbonyl (C=O) groups is 1. The highest BCUT2D eigenvalue weighted by atomic mass is 28.4. The number of carbonyl (C=O) groups excluding carboxylic acids is 1. The predicted molar refractivity (Wildman–Crippen MR) is 179 cm³/mol. The molecule has 0 spiro atoms. The zero-order chi connectivity index (χ0) is 32.5. The van der Waals surface area contributed by atoms with E-state index in [1.807, 2.05) is 39.5 Å². The van der Waals surface area contributed by atoms with Crippen LogP contribution in [0.25, 0.3) is 0 Å². The largest absolute Gasteiger partial charge is 0.465 e. The minimum absolute atomic E-state index is 0.130. The summed E-state index contributed by atoms with van der Waals surface area (Å²) in [5, 5.41) is 4.08. The van der Waals surface area contributed by atoms with Crippen LogP contribution < -0.4 is 10.1 Å². The smallest absolute Gasteiger partial charge is 0.410 e. The fourth-order valence-electron chi connectivity index (χ4n) is 6.12. The molecule has 1 saturated heterocycles. The molecule has 244 valence electrons. The maximum Gasteiger partial charge on any atom is 0.410 e. The molecule has 8 nitrogen and oxygen atoms in total. The molecule has 2 aliphatic heterocycles. The second kappa shape index (κ2) is 13.0. The van der Waals surface area contributed by atoms with E-state index in [2.05, 4.69) is 63.4 Å². The van der Waals surface area contributed by atoms with Crippen LogP contribution in [-0.2, 0) is 25.9 Å². The first kappa shape index (κ1) is 34.3. The van der Waals surface area contributed by atoms with E-state index >= 15 is 0 Å². The van der Waals surface area contributed by atoms with Gasteiger partial charge < -0.3 is 28.9 Å². The summed E-state index contributed by atoms with van der Waals surface area (Å²) in [4.78, 5) is 19.5. The Balaban J connectivity index is 1.65. The van der Waals surface area contributed by atoms with E-state index in [1.165, 1.54) is 11.1 Å². The number of hydrogen-bond acceptors (Lipinski definition) is 7. The van der Waals surface area contributed by atoms with E-state index in [0.29, 0.717) is 13.2 Å². The first-order valence-electron chi connectivity index (χ1n) is 16.1. The predicted octanol–water partition coefficient (Wildman–Crippen LogP) is 8.07. The van der Waals surface area contributed by atoms with Crippen molar-refractivity contribution in [2.75, 3.05) is 38.9 Å². The van der Waals surface area contributed by atoms with Crippen LogP contribution in [0.4, 0.5) is 10.5 Å². The molecule has 0 aliphatic carbocycles. The molecule has 9 heteroatoms. The summed E-state index contributed by atoms with van der Waals surface area (Å²) >= 11 is 0. The zero-order valence-corrected chi connectivity index (χ0v) is 30.0. The lowest BCUT2D eigenvalue weighted by atomic mass is 9.82. The number of amides is 1. The Bertz CT molecular complexity index is 1330. The van der Waals surface area contributed by atoms with Crippen LogP contribution in [0.5, 0.6) is 5.75 Å². The van der Waals surface area contributed by atoms with Gasteiger partial charge in [0.05, 0.1) is 11.2 Å². The summed E-state index contributed by atoms with van der Waals surface area (Å²) in [6, 6.07) is 8.94. The number of aryl methyl sites for hydroxylation is 2. The SMILES string of the molecule is COCOc1c(C2(CCO[Si](C)(C)C(C)(C)C)Cc3cc(C4CCCN(C(=O)OC(C)(C)C)C4)ccc3N2)cc(C)nc1C. The van der Waals surface area contributed by atoms with Crippen LogP contribution in [0, 0.1) is 13.8 Å². The number of likely N-dealkylation sites (tertiary alicyclic amines) is 1. The van der Waals surface area contributed by atoms with Crippen molar-refractivity contribution < 1.29 is 23.4 Å². The van der Waals surface area contributed by atoms with E-state index < -0.39 is 19.5 Å². The Morgan fingerprint density at radius 1 is 1.14 bits per heavy atom. The molecular weight excluding hydrogens is 570 g/mol. The van der Waals surface area contributed by atoms with E-state index in [-0.39, 0.29) is 23.8 Å². The molecule has 0 saturated carbocycles. The highest BCUT2D eigenvalue weighted by Gasteiger charge is 2.43. The summed E-state index contributed by atoms with van der Waals surface area (Å²) in [5.74, 6) is 1.04. The number of methoxy groups -OCH3 is 1. The standard InChI is InChI=1S/C35H55N3O5Si/c1-24-19-29(31(25(2)36-24)41-23-40-9)35(16-18-42-44(10,11)34(6,7)8)21-28-20-26(14-15-30(28)37-35)27-13-12-17-38(22-27)32(39)43-33(3,4)5/h14-15,19-20,27,37H,12-13,16-18,21-23H2,1-11H3. The van der Waals surface area contributed by atoms with Crippen molar-refractivity contribution in [1.82, 2.24) is 9.88 Å². The van der Waals surface area contributed by atoms with Gasteiger partial charge in [-0.1, -0.05) is 32.9 Å². The van der Waals surface area contributed by atoms with Crippen molar-refractivity contribution >= 4 is 20.1 Å². The monoisotopic (exact) mass is 625 g/mol. The average molecular weight is 626 g/mol. The molecule has 0 bridgehead atoms. The normalized spacial score (nSPS) is 20.7. The minimum Gasteiger partial charge on any atom is -0.465 e. The lowest BCUT2D eigenvalue weighted by molar-refractivity contribution is 0.0198. The van der Waals surface area contributed by atoms with Crippen LogP contribution in [0.3, 0.4) is 0 Å². The second-order valence-electron chi connectivity index (χ2n) is 15.2. The van der Waals surface area contributed by atoms with Gasteiger partial charge in [0.25, 0.3) is 0 Å². The maximum atomic E-state index is 12.9. The van der Waals surface area contributed by atoms with Crippen molar-refractivity contribution in [2.45, 2.75) is 116 Å². The van der Waals surface area contributed by atoms with Crippen molar-refractivity contribution in [3.63, 3.8) is 0 Å². The Kier molecular flexibility index (Phi) is 10.1. The molecule has 2 atom stereocenters. The van der Waals surface area contributed by atoms with Crippen LogP contribution >= 0.6 is 0 Å². The van der Waals surface area contributed by atoms with Gasteiger partial charge in [-0.25, -0.2) is 4.79 Å². The van der Waals surface area contributed by atoms with E-state index in [9.17, 15) is 4.79 Å². The first-order chi connectivity index (χ1) is 20.4. The summed E-state index contributed by atoms with van der Waals surface area (Å²) < 4.78 is 23.9. The first-order valence-corrected chi connectivity index (χ1v) is 19.0. The summed E-state index contributed by atoms with van der Waals surface area (Å²) in [7, 11) is -0.305. The van der Waals surface area contributed by atoms with Crippen LogP contribution in [0.15, 0.2) is 24.3 Å². The van der Waals surface area contributed by atoms with Gasteiger partial charge in [0.1, 0.15) is 11.4 Å². The molecule has 2 unspecified atom stereocenters. The third-order valence-corrected chi connectivity index (χ3v) is 14.0. The topological polar surface area (TPSA) is 82.2 Å². The van der Waals surface area contributed by atoms with Gasteiger partial charge in [0, 0.05) is 56.1 Å². The molecule has 1 fully saturated rings. The third kappa shape index (κ3) is 7.77. The number of hydrogen-bond donors (Lipinski definition) is 1. The number of anilines is 1. The Morgan fingerprint density at radius 3 is 2.52 bits per heavy atom. The van der Waals surface area contributed by atoms with Crippen LogP contribution in [0.1, 0.15) is 94.8 Å². The third-order valence-electron chi connectivity index (χ3n) is 9.45. The number of piperidine rings is 1. The van der Waals surface area contributed by atoms with Gasteiger partial charge >= 0.3 is 6.09 Å². The second-order valence-corrected chi connectivity index (χ2v) is 20.0. The zero-order valence-electron chi connectivity index (χ0n) is 29.0. The summed E-state index contributed by atoms with van der Waals surface area (Å²) in [6.07, 6.45) is 3.37. The molecular formula is C35H55N3O5Si. The van der Waals surface area contributed by atoms with Gasteiger partial charge in [0.15, 0.2) is 15.1 Å². The number of benzene rings is 1. The molecule has 1 amide bonds. The lowest BCUT2D eigenvalue weighted by Gasteiger charge is -2.38. The molecule has 44 heavy (non-hydrogen) atoms. The van der Waals surface area contributed by atoms with Crippen molar-refractivity contribution in [2.24, 2.45) is 0 Å². The number of nitrogens with one attached hydrogen (secondary N) is 1. The molecule has 2 aliphatic rings. The number of aromatic nitrogens is 1. The van der Waals surface area contributed by atoms with Crippen LogP contribution in [-0.4, -0.2) is 63.5 Å². The quantitative estimate of drug-likeness (QED) is 0.223. The number of nitrogens with zero attached hydrogens (tertiary/aromatic N) is 2. The van der Waals surface area contributed by atoms with Gasteiger partial charge in [-0.15, -0.1) is 0 Å². The van der Waals surface area contributed by atoms with Crippen LogP contribution in [0.2, 0.25) is 18.1 Å². The number of ether oxygens (including phenoxy) is 3. The Labute approximate surface area is 266 Å². The fourth-order valence-corrected chi connectivity index (χ4v) is 7.17. The van der Waals surface area contributed by atoms with Gasteiger partial charge in [-0.2, -0.15) is 0 Å². The number of fused-ring (bicyclic) bond motifs is 1. The molecule has 3 heterocycles. The highest BCUT2D eigenvalue weighted by Crippen LogP contribution is 2.47. The van der Waals surface area contributed by atoms with Crippen molar-refractivity contribution in [3.05, 3.63) is 52.3 Å². The molecule has 0 radical (unpaired) electrons. The molecule has 1 aromatic carbocycles. The van der Waals surface area contributed by atoms with Gasteiger partial charge in [0.2, 0.25) is 0 Å². The minimum atomic E-state index is -1.94.